The first-order valence-corrected chi connectivity index (χ1v) is 5.54. The van der Waals surface area contributed by atoms with E-state index in [0.717, 1.165) is 4.47 Å². The van der Waals surface area contributed by atoms with Crippen LogP contribution in [0.1, 0.15) is 19.4 Å². The number of carbonyl (C=O) groups is 1. The van der Waals surface area contributed by atoms with Crippen molar-refractivity contribution in [3.63, 3.8) is 0 Å². The first-order chi connectivity index (χ1) is 7.33. The molecule has 0 atom stereocenters. The molecule has 5 heteroatoms. The Balaban J connectivity index is 2.75. The van der Waals surface area contributed by atoms with Crippen LogP contribution in [0.25, 0.3) is 0 Å². The van der Waals surface area contributed by atoms with Crippen LogP contribution in [0.2, 0.25) is 0 Å². The molecule has 0 saturated carbocycles. The predicted octanol–water partition coefficient (Wildman–Crippen LogP) is 2.54. The van der Waals surface area contributed by atoms with E-state index in [1.54, 1.807) is 12.1 Å². The number of aliphatic carboxylic acids is 1. The molecule has 0 radical (unpaired) electrons. The summed E-state index contributed by atoms with van der Waals surface area (Å²) >= 11 is 3.23. The zero-order valence-electron chi connectivity index (χ0n) is 9.05. The molecule has 16 heavy (non-hydrogen) atoms. The quantitative estimate of drug-likeness (QED) is 0.896. The number of hydrogen-bond donors (Lipinski definition) is 2. The Kier molecular flexibility index (Phi) is 4.04. The average Bonchev–Trinajstić information content (AvgIpc) is 2.19. The maximum Gasteiger partial charge on any atom is 0.323 e. The molecule has 0 aliphatic carbocycles. The summed E-state index contributed by atoms with van der Waals surface area (Å²) in [5.74, 6) is -1.32. The summed E-state index contributed by atoms with van der Waals surface area (Å²) in [6, 6.07) is 4.57. The molecule has 0 unspecified atom stereocenters. The molecule has 1 aromatic rings. The predicted molar refractivity (Wildman–Crippen MR) is 62.7 cm³/mol. The fraction of sp³-hybridized carbons (Fsp3) is 0.364. The van der Waals surface area contributed by atoms with Crippen molar-refractivity contribution in [2.24, 2.45) is 0 Å². The van der Waals surface area contributed by atoms with Crippen molar-refractivity contribution in [1.29, 1.82) is 0 Å². The van der Waals surface area contributed by atoms with E-state index in [1.807, 2.05) is 0 Å². The molecule has 2 N–H and O–H groups in total. The Bertz CT molecular complexity index is 407. The highest BCUT2D eigenvalue weighted by Gasteiger charge is 2.26. The molecule has 0 saturated heterocycles. The first-order valence-electron chi connectivity index (χ1n) is 4.75. The van der Waals surface area contributed by atoms with Gasteiger partial charge in [-0.1, -0.05) is 15.9 Å². The molecule has 3 nitrogen and oxygen atoms in total. The zero-order chi connectivity index (χ0) is 12.3. The van der Waals surface area contributed by atoms with E-state index in [9.17, 15) is 9.18 Å². The Morgan fingerprint density at radius 1 is 1.56 bits per heavy atom. The van der Waals surface area contributed by atoms with Crippen molar-refractivity contribution in [2.45, 2.75) is 25.9 Å². The van der Waals surface area contributed by atoms with Gasteiger partial charge in [0.2, 0.25) is 0 Å². The van der Waals surface area contributed by atoms with Gasteiger partial charge in [-0.2, -0.15) is 0 Å². The van der Waals surface area contributed by atoms with E-state index in [-0.39, 0.29) is 12.4 Å². The SMILES string of the molecule is CC(C)(NCc1cc(Br)ccc1F)C(=O)O. The van der Waals surface area contributed by atoms with Gasteiger partial charge in [0.15, 0.2) is 0 Å². The molecule has 0 aliphatic heterocycles. The number of rotatable bonds is 4. The summed E-state index contributed by atoms with van der Waals surface area (Å²) in [6.07, 6.45) is 0. The highest BCUT2D eigenvalue weighted by atomic mass is 79.9. The van der Waals surface area contributed by atoms with Gasteiger partial charge in [-0.25, -0.2) is 4.39 Å². The number of nitrogens with one attached hydrogen (secondary N) is 1. The van der Waals surface area contributed by atoms with E-state index in [0.29, 0.717) is 5.56 Å². The maximum absolute atomic E-state index is 13.3. The smallest absolute Gasteiger partial charge is 0.323 e. The molecule has 0 amide bonds. The fourth-order valence-electron chi connectivity index (χ4n) is 1.07. The molecule has 0 aromatic heterocycles. The van der Waals surface area contributed by atoms with Crippen LogP contribution in [0.4, 0.5) is 4.39 Å². The second-order valence-corrected chi connectivity index (χ2v) is 4.94. The van der Waals surface area contributed by atoms with Crippen molar-refractivity contribution < 1.29 is 14.3 Å². The molecule has 0 aliphatic rings. The van der Waals surface area contributed by atoms with E-state index < -0.39 is 11.5 Å². The molecule has 0 heterocycles. The van der Waals surface area contributed by atoms with Gasteiger partial charge in [-0.15, -0.1) is 0 Å². The lowest BCUT2D eigenvalue weighted by molar-refractivity contribution is -0.143. The second-order valence-electron chi connectivity index (χ2n) is 4.02. The molecule has 1 rings (SSSR count). The first kappa shape index (κ1) is 13.1. The summed E-state index contributed by atoms with van der Waals surface area (Å²) in [7, 11) is 0. The van der Waals surface area contributed by atoms with Crippen molar-refractivity contribution in [1.82, 2.24) is 5.32 Å². The van der Waals surface area contributed by atoms with Gasteiger partial charge in [0, 0.05) is 16.6 Å². The largest absolute Gasteiger partial charge is 0.480 e. The van der Waals surface area contributed by atoms with Gasteiger partial charge in [0.05, 0.1) is 0 Å². The highest BCUT2D eigenvalue weighted by Crippen LogP contribution is 2.16. The second kappa shape index (κ2) is 4.93. The number of halogens is 2. The number of benzene rings is 1. The standard InChI is InChI=1S/C11H13BrFNO2/c1-11(2,10(15)16)14-6-7-5-8(12)3-4-9(7)13/h3-5,14H,6H2,1-2H3,(H,15,16). The Morgan fingerprint density at radius 2 is 2.19 bits per heavy atom. The number of carboxylic acids is 1. The van der Waals surface area contributed by atoms with Gasteiger partial charge in [-0.3, -0.25) is 10.1 Å². The van der Waals surface area contributed by atoms with Crippen LogP contribution in [0, 0.1) is 5.82 Å². The summed E-state index contributed by atoms with van der Waals surface area (Å²) in [6.45, 7) is 3.24. The van der Waals surface area contributed by atoms with Gasteiger partial charge in [-0.05, 0) is 32.0 Å². The van der Waals surface area contributed by atoms with E-state index >= 15 is 0 Å². The van der Waals surface area contributed by atoms with Crippen LogP contribution in [0.15, 0.2) is 22.7 Å². The molecule has 0 fully saturated rings. The summed E-state index contributed by atoms with van der Waals surface area (Å²) in [5, 5.41) is 11.7. The molecular weight excluding hydrogens is 277 g/mol. The summed E-state index contributed by atoms with van der Waals surface area (Å²) in [4.78, 5) is 10.8. The normalized spacial score (nSPS) is 11.5. The monoisotopic (exact) mass is 289 g/mol. The summed E-state index contributed by atoms with van der Waals surface area (Å²) < 4.78 is 14.1. The highest BCUT2D eigenvalue weighted by molar-refractivity contribution is 9.10. The van der Waals surface area contributed by atoms with E-state index in [1.165, 1.54) is 19.9 Å². The van der Waals surface area contributed by atoms with Crippen LogP contribution >= 0.6 is 15.9 Å². The molecular formula is C11H13BrFNO2. The Hall–Kier alpha value is -0.940. The Morgan fingerprint density at radius 3 is 2.75 bits per heavy atom. The van der Waals surface area contributed by atoms with Crippen molar-refractivity contribution in [2.75, 3.05) is 0 Å². The van der Waals surface area contributed by atoms with E-state index in [4.69, 9.17) is 5.11 Å². The Labute approximate surface area is 102 Å². The lowest BCUT2D eigenvalue weighted by Gasteiger charge is -2.21. The van der Waals surface area contributed by atoms with Crippen molar-refractivity contribution in [3.05, 3.63) is 34.1 Å². The van der Waals surface area contributed by atoms with Crippen LogP contribution in [-0.4, -0.2) is 16.6 Å². The molecule has 0 bridgehead atoms. The van der Waals surface area contributed by atoms with E-state index in [2.05, 4.69) is 21.2 Å². The maximum atomic E-state index is 13.3. The third-order valence-corrected chi connectivity index (χ3v) is 2.76. The minimum atomic E-state index is -1.07. The lowest BCUT2D eigenvalue weighted by atomic mass is 10.1. The van der Waals surface area contributed by atoms with Gasteiger partial charge in [0.1, 0.15) is 11.4 Å². The minimum absolute atomic E-state index is 0.171. The molecule has 0 spiro atoms. The van der Waals surface area contributed by atoms with Crippen molar-refractivity contribution >= 4 is 21.9 Å². The van der Waals surface area contributed by atoms with Gasteiger partial charge < -0.3 is 5.11 Å². The summed E-state index contributed by atoms with van der Waals surface area (Å²) in [5.41, 5.74) is -0.641. The third kappa shape index (κ3) is 3.28. The molecule has 88 valence electrons. The number of carboxylic acid groups (broad SMARTS) is 1. The lowest BCUT2D eigenvalue weighted by Crippen LogP contribution is -2.46. The van der Waals surface area contributed by atoms with Crippen LogP contribution in [0.3, 0.4) is 0 Å². The average molecular weight is 290 g/mol. The molecule has 1 aromatic carbocycles. The van der Waals surface area contributed by atoms with Crippen molar-refractivity contribution in [3.8, 4) is 0 Å². The van der Waals surface area contributed by atoms with Crippen LogP contribution in [0.5, 0.6) is 0 Å². The minimum Gasteiger partial charge on any atom is -0.480 e. The zero-order valence-corrected chi connectivity index (χ0v) is 10.6. The third-order valence-electron chi connectivity index (χ3n) is 2.26. The fourth-order valence-corrected chi connectivity index (χ4v) is 1.48. The number of hydrogen-bond acceptors (Lipinski definition) is 2. The van der Waals surface area contributed by atoms with Crippen LogP contribution in [-0.2, 0) is 11.3 Å². The van der Waals surface area contributed by atoms with Gasteiger partial charge >= 0.3 is 5.97 Å². The van der Waals surface area contributed by atoms with Crippen LogP contribution < -0.4 is 5.32 Å². The topological polar surface area (TPSA) is 49.3 Å². The van der Waals surface area contributed by atoms with Gasteiger partial charge in [0.25, 0.3) is 0 Å².